The Kier molecular flexibility index (Phi) is 21.0. The molecule has 336 valence electrons. The van der Waals surface area contributed by atoms with Crippen molar-refractivity contribution in [1.29, 1.82) is 0 Å². The Hall–Kier alpha value is -1.56. The van der Waals surface area contributed by atoms with Crippen LogP contribution in [-0.2, 0) is 23.8 Å². The molecule has 4 fully saturated rings. The molecule has 4 saturated carbocycles. The first-order chi connectivity index (χ1) is 28.0. The average Bonchev–Trinajstić information content (AvgIpc) is 3.56. The molecule has 3 unspecified atom stereocenters. The molecule has 0 aromatic heterocycles. The Labute approximate surface area is 354 Å². The van der Waals surface area contributed by atoms with Crippen LogP contribution in [0.2, 0.25) is 0 Å². The van der Waals surface area contributed by atoms with Crippen molar-refractivity contribution in [2.75, 3.05) is 65.6 Å². The van der Waals surface area contributed by atoms with E-state index in [0.29, 0.717) is 74.4 Å². The zero-order chi connectivity index (χ0) is 42.1. The van der Waals surface area contributed by atoms with Gasteiger partial charge in [-0.1, -0.05) is 65.9 Å². The lowest BCUT2D eigenvalue weighted by molar-refractivity contribution is -0.227. The van der Waals surface area contributed by atoms with Crippen molar-refractivity contribution in [3.8, 4) is 0 Å². The molecule has 0 aromatic rings. The van der Waals surface area contributed by atoms with Gasteiger partial charge in [0.15, 0.2) is 0 Å². The molecule has 0 spiro atoms. The molecule has 0 aromatic carbocycles. The molecule has 4 aliphatic rings. The quantitative estimate of drug-likeness (QED) is 0.0538. The minimum atomic E-state index is -0.0853. The van der Waals surface area contributed by atoms with Gasteiger partial charge in [0.05, 0.1) is 18.3 Å². The first-order valence-electron chi connectivity index (χ1n) is 24.1. The van der Waals surface area contributed by atoms with Crippen molar-refractivity contribution in [2.45, 2.75) is 169 Å². The number of carbonyl (C=O) groups is 2. The third kappa shape index (κ3) is 12.5. The van der Waals surface area contributed by atoms with Gasteiger partial charge in [0, 0.05) is 51.8 Å². The number of carbonyl (C=O) groups excluding carboxylic acids is 2. The van der Waals surface area contributed by atoms with Gasteiger partial charge in [0.2, 0.25) is 11.8 Å². The maximum absolute atomic E-state index is 13.7. The summed E-state index contributed by atoms with van der Waals surface area (Å²) in [5, 5.41) is 0. The van der Waals surface area contributed by atoms with E-state index in [-0.39, 0.29) is 41.4 Å². The van der Waals surface area contributed by atoms with Crippen LogP contribution in [0.25, 0.3) is 0 Å². The molecule has 0 saturated heterocycles. The fraction of sp³-hybridized carbons (Fsp3) is 0.917. The standard InChI is InChI=1S/C48H89N5O5/c1-7-9-10-11-12-13-27-52(45(55)35-53(26-8-2)37(4)54)28-14-18-36(3)40-19-20-41-46-42(34-44(48(40,41)6)58-31-17-25-51)47(5)22-21-39(56-29-15-23-49)32-38(47)33-43(46)57-30-16-24-50/h8,36,38-44,46H,2,7,9-35,49-51H2,1,3-6H3/t36-,38?,39-,40?,41+,42+,43-,44+,46?,47+,48-/m1/s1. The summed E-state index contributed by atoms with van der Waals surface area (Å²) in [6, 6.07) is 0. The Morgan fingerprint density at radius 2 is 1.45 bits per heavy atom. The third-order valence-corrected chi connectivity index (χ3v) is 15.8. The second-order valence-corrected chi connectivity index (χ2v) is 19.4. The van der Waals surface area contributed by atoms with Crippen LogP contribution in [0.15, 0.2) is 12.7 Å². The van der Waals surface area contributed by atoms with E-state index >= 15 is 0 Å². The van der Waals surface area contributed by atoms with Gasteiger partial charge in [-0.25, -0.2) is 0 Å². The smallest absolute Gasteiger partial charge is 0.242 e. The monoisotopic (exact) mass is 816 g/mol. The van der Waals surface area contributed by atoms with E-state index in [1.165, 1.54) is 44.9 Å². The van der Waals surface area contributed by atoms with Crippen LogP contribution in [0.3, 0.4) is 0 Å². The second kappa shape index (κ2) is 24.8. The van der Waals surface area contributed by atoms with E-state index in [4.69, 9.17) is 31.4 Å². The Balaban J connectivity index is 1.52. The molecule has 10 heteroatoms. The van der Waals surface area contributed by atoms with Gasteiger partial charge in [-0.15, -0.1) is 6.58 Å². The predicted molar refractivity (Wildman–Crippen MR) is 237 cm³/mol. The van der Waals surface area contributed by atoms with Crippen LogP contribution in [0.4, 0.5) is 0 Å². The fourth-order valence-electron chi connectivity index (χ4n) is 12.6. The Morgan fingerprint density at radius 1 is 0.793 bits per heavy atom. The molecule has 2 amide bonds. The molecule has 6 N–H and O–H groups in total. The van der Waals surface area contributed by atoms with E-state index in [1.54, 1.807) is 17.9 Å². The molecule has 10 nitrogen and oxygen atoms in total. The largest absolute Gasteiger partial charge is 0.378 e. The molecular formula is C48H89N5O5. The number of nitrogens with zero attached hydrogens (tertiary/aromatic N) is 2. The summed E-state index contributed by atoms with van der Waals surface area (Å²) in [6.07, 6.45) is 22.3. The van der Waals surface area contributed by atoms with Gasteiger partial charge in [-0.2, -0.15) is 0 Å². The summed E-state index contributed by atoms with van der Waals surface area (Å²) in [6.45, 7) is 21.5. The highest BCUT2D eigenvalue weighted by Gasteiger charge is 2.66. The summed E-state index contributed by atoms with van der Waals surface area (Å²) >= 11 is 0. The van der Waals surface area contributed by atoms with E-state index in [1.807, 2.05) is 0 Å². The molecule has 0 heterocycles. The highest BCUT2D eigenvalue weighted by atomic mass is 16.5. The van der Waals surface area contributed by atoms with E-state index in [9.17, 15) is 9.59 Å². The molecule has 58 heavy (non-hydrogen) atoms. The lowest BCUT2D eigenvalue weighted by Crippen LogP contribution is -2.63. The van der Waals surface area contributed by atoms with Crippen molar-refractivity contribution < 1.29 is 23.8 Å². The topological polar surface area (TPSA) is 146 Å². The van der Waals surface area contributed by atoms with E-state index in [0.717, 1.165) is 96.9 Å². The van der Waals surface area contributed by atoms with Gasteiger partial charge in [0.1, 0.15) is 6.54 Å². The van der Waals surface area contributed by atoms with E-state index in [2.05, 4.69) is 39.2 Å². The maximum Gasteiger partial charge on any atom is 0.242 e. The first kappa shape index (κ1) is 49.1. The zero-order valence-corrected chi connectivity index (χ0v) is 37.9. The number of unbranched alkanes of at least 4 members (excludes halogenated alkanes) is 5. The number of fused-ring (bicyclic) bond motifs is 5. The lowest BCUT2D eigenvalue weighted by atomic mass is 9.43. The number of rotatable bonds is 28. The molecule has 0 bridgehead atoms. The predicted octanol–water partition coefficient (Wildman–Crippen LogP) is 7.71. The van der Waals surface area contributed by atoms with Gasteiger partial charge >= 0.3 is 0 Å². The van der Waals surface area contributed by atoms with Crippen molar-refractivity contribution in [3.63, 3.8) is 0 Å². The van der Waals surface area contributed by atoms with E-state index < -0.39 is 0 Å². The zero-order valence-electron chi connectivity index (χ0n) is 37.9. The highest BCUT2D eigenvalue weighted by Crippen LogP contribution is 2.69. The van der Waals surface area contributed by atoms with Gasteiger partial charge in [0.25, 0.3) is 0 Å². The second-order valence-electron chi connectivity index (χ2n) is 19.4. The van der Waals surface area contributed by atoms with Gasteiger partial charge < -0.3 is 41.2 Å². The Bertz CT molecular complexity index is 1220. The number of amides is 2. The summed E-state index contributed by atoms with van der Waals surface area (Å²) in [5.74, 6) is 3.16. The number of ether oxygens (including phenoxy) is 3. The van der Waals surface area contributed by atoms with Crippen LogP contribution in [0.5, 0.6) is 0 Å². The molecular weight excluding hydrogens is 727 g/mol. The van der Waals surface area contributed by atoms with Crippen LogP contribution < -0.4 is 17.2 Å². The summed E-state index contributed by atoms with van der Waals surface area (Å²) < 4.78 is 20.5. The van der Waals surface area contributed by atoms with Crippen LogP contribution in [-0.4, -0.2) is 106 Å². The molecule has 0 radical (unpaired) electrons. The Morgan fingerprint density at radius 3 is 2.12 bits per heavy atom. The highest BCUT2D eigenvalue weighted by molar-refractivity contribution is 5.84. The molecule has 4 rings (SSSR count). The van der Waals surface area contributed by atoms with Gasteiger partial charge in [-0.05, 0) is 144 Å². The minimum absolute atomic E-state index is 0.0388. The van der Waals surface area contributed by atoms with Crippen molar-refractivity contribution >= 4 is 11.8 Å². The van der Waals surface area contributed by atoms with Gasteiger partial charge in [-0.3, -0.25) is 9.59 Å². The number of nitrogens with two attached hydrogens (primary N) is 3. The molecule has 11 atom stereocenters. The normalized spacial score (nSPS) is 32.2. The van der Waals surface area contributed by atoms with Crippen LogP contribution >= 0.6 is 0 Å². The third-order valence-electron chi connectivity index (χ3n) is 15.8. The lowest BCUT2D eigenvalue weighted by Gasteiger charge is -2.65. The average molecular weight is 816 g/mol. The van der Waals surface area contributed by atoms with Crippen molar-refractivity contribution in [1.82, 2.24) is 9.80 Å². The van der Waals surface area contributed by atoms with Crippen LogP contribution in [0.1, 0.15) is 150 Å². The number of hydrogen-bond acceptors (Lipinski definition) is 8. The SMILES string of the molecule is C=CCN(CC(=O)N(CCCCCCCC)CCC[C@@H](C)C1CC[C@H]2C3[C@H](OCCCN)CC4C[C@H](OCCCN)CC[C@]4(C)[C@H]3C[C@H](OCCCN)[C@]12C)C(C)=O. The maximum atomic E-state index is 13.7. The summed E-state index contributed by atoms with van der Waals surface area (Å²) in [4.78, 5) is 29.7. The fourth-order valence-corrected chi connectivity index (χ4v) is 12.6. The summed E-state index contributed by atoms with van der Waals surface area (Å²) in [7, 11) is 0. The molecule has 0 aliphatic heterocycles. The molecule has 4 aliphatic carbocycles. The van der Waals surface area contributed by atoms with Crippen molar-refractivity contribution in [2.24, 2.45) is 63.5 Å². The number of hydrogen-bond donors (Lipinski definition) is 3. The van der Waals surface area contributed by atoms with Crippen LogP contribution in [0, 0.1) is 46.3 Å². The van der Waals surface area contributed by atoms with Crippen molar-refractivity contribution in [3.05, 3.63) is 12.7 Å². The summed E-state index contributed by atoms with van der Waals surface area (Å²) in [5.41, 5.74) is 18.1. The minimum Gasteiger partial charge on any atom is -0.378 e. The first-order valence-corrected chi connectivity index (χ1v) is 24.1.